The minimum atomic E-state index is 0.212. The number of halogens is 1. The van der Waals surface area contributed by atoms with Gasteiger partial charge in [0.25, 0.3) is 0 Å². The van der Waals surface area contributed by atoms with Gasteiger partial charge in [-0.2, -0.15) is 4.98 Å². The fourth-order valence-electron chi connectivity index (χ4n) is 1.89. The van der Waals surface area contributed by atoms with Gasteiger partial charge in [0.2, 0.25) is 11.2 Å². The third-order valence-electron chi connectivity index (χ3n) is 2.97. The molecule has 0 unspecified atom stereocenters. The van der Waals surface area contributed by atoms with Crippen molar-refractivity contribution in [3.8, 4) is 11.6 Å². The zero-order chi connectivity index (χ0) is 14.1. The van der Waals surface area contributed by atoms with E-state index in [9.17, 15) is 0 Å². The first kappa shape index (κ1) is 13.3. The molecule has 3 aromatic rings. The lowest BCUT2D eigenvalue weighted by Gasteiger charge is -2.06. The van der Waals surface area contributed by atoms with Gasteiger partial charge in [0.1, 0.15) is 10.6 Å². The highest BCUT2D eigenvalue weighted by atomic mass is 35.5. The van der Waals surface area contributed by atoms with Crippen LogP contribution < -0.4 is 4.74 Å². The van der Waals surface area contributed by atoms with Crippen molar-refractivity contribution in [3.05, 3.63) is 46.1 Å². The number of hydrogen-bond donors (Lipinski definition) is 0. The summed E-state index contributed by atoms with van der Waals surface area (Å²) in [6.45, 7) is 4.15. The molecule has 0 saturated carbocycles. The van der Waals surface area contributed by atoms with Gasteiger partial charge in [-0.25, -0.2) is 4.98 Å². The van der Waals surface area contributed by atoms with Gasteiger partial charge in [-0.05, 0) is 43.1 Å². The Hall–Kier alpha value is -1.65. The summed E-state index contributed by atoms with van der Waals surface area (Å²) in [5.41, 5.74) is 1.19. The fourth-order valence-corrected chi connectivity index (χ4v) is 3.06. The van der Waals surface area contributed by atoms with E-state index in [4.69, 9.17) is 16.3 Å². The summed E-state index contributed by atoms with van der Waals surface area (Å²) in [5.74, 6) is 1.26. The van der Waals surface area contributed by atoms with Crippen LogP contribution in [-0.2, 0) is 6.42 Å². The standard InChI is InChI=1S/C15H13ClN2OS/c1-3-11-8-12-13(17-15(16)18-14(12)20-11)19-10-6-4-9(2)5-7-10/h4-8H,3H2,1-2H3. The number of thiophene rings is 1. The molecule has 0 aliphatic heterocycles. The first-order valence-corrected chi connectivity index (χ1v) is 7.55. The number of ether oxygens (including phenoxy) is 1. The maximum Gasteiger partial charge on any atom is 0.232 e. The Labute approximate surface area is 126 Å². The molecule has 0 radical (unpaired) electrons. The topological polar surface area (TPSA) is 35.0 Å². The molecule has 0 amide bonds. The highest BCUT2D eigenvalue weighted by Crippen LogP contribution is 2.34. The van der Waals surface area contributed by atoms with Gasteiger partial charge in [-0.3, -0.25) is 0 Å². The average molecular weight is 305 g/mol. The molecule has 0 aliphatic rings. The van der Waals surface area contributed by atoms with E-state index in [1.807, 2.05) is 31.2 Å². The number of hydrogen-bond acceptors (Lipinski definition) is 4. The number of rotatable bonds is 3. The number of aryl methyl sites for hydroxylation is 2. The molecule has 0 spiro atoms. The largest absolute Gasteiger partial charge is 0.438 e. The molecular formula is C15H13ClN2OS. The van der Waals surface area contributed by atoms with Crippen LogP contribution in [-0.4, -0.2) is 9.97 Å². The average Bonchev–Trinajstić information content (AvgIpc) is 2.84. The second-order valence-corrected chi connectivity index (χ2v) is 5.95. The molecule has 1 aromatic carbocycles. The van der Waals surface area contributed by atoms with E-state index < -0.39 is 0 Å². The minimum absolute atomic E-state index is 0.212. The van der Waals surface area contributed by atoms with Crippen LogP contribution in [0.25, 0.3) is 10.2 Å². The Morgan fingerprint density at radius 3 is 2.65 bits per heavy atom. The predicted molar refractivity (Wildman–Crippen MR) is 83.1 cm³/mol. The molecule has 0 bridgehead atoms. The van der Waals surface area contributed by atoms with E-state index in [1.54, 1.807) is 11.3 Å². The maximum atomic E-state index is 5.97. The Morgan fingerprint density at radius 2 is 1.95 bits per heavy atom. The van der Waals surface area contributed by atoms with E-state index in [-0.39, 0.29) is 5.28 Å². The number of fused-ring (bicyclic) bond motifs is 1. The van der Waals surface area contributed by atoms with Gasteiger partial charge in [0.05, 0.1) is 5.39 Å². The quantitative estimate of drug-likeness (QED) is 0.638. The molecule has 102 valence electrons. The lowest BCUT2D eigenvalue weighted by molar-refractivity contribution is 0.468. The van der Waals surface area contributed by atoms with Gasteiger partial charge in [-0.15, -0.1) is 11.3 Å². The lowest BCUT2D eigenvalue weighted by atomic mass is 10.2. The second-order valence-electron chi connectivity index (χ2n) is 4.50. The van der Waals surface area contributed by atoms with Crippen LogP contribution in [0.15, 0.2) is 30.3 Å². The zero-order valence-electron chi connectivity index (χ0n) is 11.2. The fraction of sp³-hybridized carbons (Fsp3) is 0.200. The third-order valence-corrected chi connectivity index (χ3v) is 4.31. The monoisotopic (exact) mass is 304 g/mol. The predicted octanol–water partition coefficient (Wildman–Crippen LogP) is 5.01. The molecule has 5 heteroatoms. The highest BCUT2D eigenvalue weighted by molar-refractivity contribution is 7.18. The summed E-state index contributed by atoms with van der Waals surface area (Å²) < 4.78 is 5.86. The van der Waals surface area contributed by atoms with Crippen molar-refractivity contribution in [1.82, 2.24) is 9.97 Å². The smallest absolute Gasteiger partial charge is 0.232 e. The van der Waals surface area contributed by atoms with Crippen molar-refractivity contribution in [3.63, 3.8) is 0 Å². The molecule has 2 aromatic heterocycles. The van der Waals surface area contributed by atoms with Gasteiger partial charge in [0.15, 0.2) is 0 Å². The first-order chi connectivity index (χ1) is 9.65. The molecule has 0 fully saturated rings. The van der Waals surface area contributed by atoms with Crippen LogP contribution in [0.2, 0.25) is 5.28 Å². The Bertz CT molecular complexity index is 752. The summed E-state index contributed by atoms with van der Waals surface area (Å²) in [7, 11) is 0. The van der Waals surface area contributed by atoms with Crippen molar-refractivity contribution in [2.24, 2.45) is 0 Å². The SMILES string of the molecule is CCc1cc2c(Oc3ccc(C)cc3)nc(Cl)nc2s1. The number of nitrogens with zero attached hydrogens (tertiary/aromatic N) is 2. The number of benzene rings is 1. The molecule has 0 aliphatic carbocycles. The van der Waals surface area contributed by atoms with Crippen molar-refractivity contribution >= 4 is 33.2 Å². The molecule has 2 heterocycles. The Kier molecular flexibility index (Phi) is 3.59. The van der Waals surface area contributed by atoms with E-state index >= 15 is 0 Å². The second kappa shape index (κ2) is 5.38. The van der Waals surface area contributed by atoms with Gasteiger partial charge >= 0.3 is 0 Å². The van der Waals surface area contributed by atoms with Crippen molar-refractivity contribution in [2.45, 2.75) is 20.3 Å². The lowest BCUT2D eigenvalue weighted by Crippen LogP contribution is -1.91. The summed E-state index contributed by atoms with van der Waals surface area (Å²) in [5, 5.41) is 1.13. The molecular weight excluding hydrogens is 292 g/mol. The summed E-state index contributed by atoms with van der Waals surface area (Å²) in [6.07, 6.45) is 0.961. The summed E-state index contributed by atoms with van der Waals surface area (Å²) in [6, 6.07) is 9.91. The van der Waals surface area contributed by atoms with E-state index in [2.05, 4.69) is 23.0 Å². The molecule has 0 atom stereocenters. The van der Waals surface area contributed by atoms with Crippen molar-refractivity contribution < 1.29 is 4.74 Å². The van der Waals surface area contributed by atoms with E-state index in [1.165, 1.54) is 10.4 Å². The molecule has 20 heavy (non-hydrogen) atoms. The first-order valence-electron chi connectivity index (χ1n) is 6.36. The summed E-state index contributed by atoms with van der Waals surface area (Å²) >= 11 is 7.60. The molecule has 3 rings (SSSR count). The van der Waals surface area contributed by atoms with Crippen molar-refractivity contribution in [2.75, 3.05) is 0 Å². The summed E-state index contributed by atoms with van der Waals surface area (Å²) in [4.78, 5) is 10.6. The zero-order valence-corrected chi connectivity index (χ0v) is 12.8. The van der Waals surface area contributed by atoms with Gasteiger partial charge < -0.3 is 4.74 Å². The van der Waals surface area contributed by atoms with E-state index in [0.717, 1.165) is 22.4 Å². The van der Waals surface area contributed by atoms with Crippen LogP contribution in [0.5, 0.6) is 11.6 Å². The molecule has 3 nitrogen and oxygen atoms in total. The van der Waals surface area contributed by atoms with Gasteiger partial charge in [-0.1, -0.05) is 24.6 Å². The third kappa shape index (κ3) is 2.62. The molecule has 0 N–H and O–H groups in total. The van der Waals surface area contributed by atoms with Crippen LogP contribution in [0, 0.1) is 6.92 Å². The Morgan fingerprint density at radius 1 is 1.20 bits per heavy atom. The van der Waals surface area contributed by atoms with Crippen LogP contribution >= 0.6 is 22.9 Å². The molecule has 0 saturated heterocycles. The maximum absolute atomic E-state index is 5.97. The van der Waals surface area contributed by atoms with Crippen LogP contribution in [0.3, 0.4) is 0 Å². The van der Waals surface area contributed by atoms with Crippen molar-refractivity contribution in [1.29, 1.82) is 0 Å². The minimum Gasteiger partial charge on any atom is -0.438 e. The highest BCUT2D eigenvalue weighted by Gasteiger charge is 2.12. The number of aromatic nitrogens is 2. The van der Waals surface area contributed by atoms with Gasteiger partial charge in [0, 0.05) is 4.88 Å². The van der Waals surface area contributed by atoms with E-state index in [0.29, 0.717) is 5.88 Å². The normalized spacial score (nSPS) is 10.9. The van der Waals surface area contributed by atoms with Crippen LogP contribution in [0.1, 0.15) is 17.4 Å². The Balaban J connectivity index is 2.05. The van der Waals surface area contributed by atoms with Crippen LogP contribution in [0.4, 0.5) is 0 Å².